The Kier molecular flexibility index (Phi) is 5.90. The second-order valence-electron chi connectivity index (χ2n) is 9.23. The maximum Gasteiger partial charge on any atom is 0.259 e. The van der Waals surface area contributed by atoms with Gasteiger partial charge in [0.15, 0.2) is 28.5 Å². The van der Waals surface area contributed by atoms with E-state index in [9.17, 15) is 0 Å². The molecule has 0 unspecified atom stereocenters. The van der Waals surface area contributed by atoms with E-state index in [1.165, 1.54) is 0 Å². The van der Waals surface area contributed by atoms with Gasteiger partial charge < -0.3 is 30.0 Å². The Hall–Kier alpha value is -4.15. The number of nitrogen functional groups attached to an aromatic ring is 1. The molecule has 0 aliphatic carbocycles. The molecule has 0 bridgehead atoms. The number of pyridine rings is 1. The smallest absolute Gasteiger partial charge is 0.259 e. The first-order valence-electron chi connectivity index (χ1n) is 12.2. The molecule has 2 aliphatic rings. The van der Waals surface area contributed by atoms with E-state index in [0.29, 0.717) is 28.0 Å². The van der Waals surface area contributed by atoms with Gasteiger partial charge in [0.05, 0.1) is 33.0 Å². The molecule has 10 heteroatoms. The Balaban J connectivity index is 1.48. The maximum atomic E-state index is 6.23. The molecular weight excluding hydrogens is 472 g/mol. The van der Waals surface area contributed by atoms with E-state index in [1.54, 1.807) is 14.2 Å². The van der Waals surface area contributed by atoms with Crippen LogP contribution in [0.4, 0.5) is 11.8 Å². The van der Waals surface area contributed by atoms with Gasteiger partial charge in [-0.1, -0.05) is 0 Å². The van der Waals surface area contributed by atoms with Gasteiger partial charge in [0.1, 0.15) is 12.1 Å². The maximum absolute atomic E-state index is 6.23. The number of nitrogens with two attached hydrogens (primary N) is 1. The van der Waals surface area contributed by atoms with E-state index in [1.807, 2.05) is 36.4 Å². The summed E-state index contributed by atoms with van der Waals surface area (Å²) in [6, 6.07) is 15.8. The van der Waals surface area contributed by atoms with E-state index < -0.39 is 0 Å². The number of hydrogen-bond donors (Lipinski definition) is 2. The second-order valence-corrected chi connectivity index (χ2v) is 9.23. The molecule has 10 nitrogen and oxygen atoms in total. The van der Waals surface area contributed by atoms with Gasteiger partial charge >= 0.3 is 0 Å². The van der Waals surface area contributed by atoms with E-state index in [0.717, 1.165) is 65.8 Å². The lowest BCUT2D eigenvalue weighted by Crippen LogP contribution is -2.59. The summed E-state index contributed by atoms with van der Waals surface area (Å²) in [5.74, 6) is 3.91. The monoisotopic (exact) mass is 501 g/mol. The summed E-state index contributed by atoms with van der Waals surface area (Å²) in [5.41, 5.74) is 10.5. The normalized spacial score (nSPS) is 16.1. The molecule has 1 saturated heterocycles. The number of quaternary nitrogens is 1. The third-order valence-corrected chi connectivity index (χ3v) is 7.03. The molecule has 0 atom stereocenters. The third-order valence-electron chi connectivity index (χ3n) is 7.03. The largest absolute Gasteiger partial charge is 0.493 e. The molecule has 6 rings (SSSR count). The van der Waals surface area contributed by atoms with E-state index in [-0.39, 0.29) is 12.7 Å². The number of hydrogen-bond acceptors (Lipinski definition) is 9. The summed E-state index contributed by atoms with van der Waals surface area (Å²) in [7, 11) is 3.25. The standard InChI is InChI=1S/C27H29N6O4/c1-34-21-8-4-18(14-23(21)35-2)19-5-6-20-25(30-19)26(32-27(28)31-20)33(11-9-29-10-12-33)15-17-3-7-22-24(13-17)37-16-36-22/h3-8,13-14,29H,9-12,15-16H2,1-2H3,(H2,28,31,32)/q+1. The van der Waals surface area contributed by atoms with Crippen LogP contribution in [-0.4, -0.2) is 62.1 Å². The fraction of sp³-hybridized carbons (Fsp3) is 0.296. The molecule has 2 aromatic carbocycles. The molecule has 0 amide bonds. The number of piperazine rings is 1. The topological polar surface area (TPSA) is 114 Å². The quantitative estimate of drug-likeness (QED) is 0.385. The van der Waals surface area contributed by atoms with E-state index in [2.05, 4.69) is 22.4 Å². The molecule has 0 spiro atoms. The number of ether oxygens (including phenoxy) is 4. The van der Waals surface area contributed by atoms with E-state index in [4.69, 9.17) is 34.6 Å². The molecule has 190 valence electrons. The number of nitrogens with one attached hydrogen (secondary N) is 1. The highest BCUT2D eigenvalue weighted by Gasteiger charge is 2.37. The molecule has 2 aliphatic heterocycles. The second kappa shape index (κ2) is 9.38. The first-order valence-corrected chi connectivity index (χ1v) is 12.2. The van der Waals surface area contributed by atoms with Crippen molar-refractivity contribution in [2.24, 2.45) is 0 Å². The van der Waals surface area contributed by atoms with Crippen molar-refractivity contribution in [2.45, 2.75) is 6.54 Å². The van der Waals surface area contributed by atoms with Gasteiger partial charge in [-0.05, 0) is 48.5 Å². The van der Waals surface area contributed by atoms with Crippen molar-refractivity contribution < 1.29 is 18.9 Å². The van der Waals surface area contributed by atoms with Crippen LogP contribution in [0.2, 0.25) is 0 Å². The van der Waals surface area contributed by atoms with Crippen molar-refractivity contribution in [1.29, 1.82) is 0 Å². The highest BCUT2D eigenvalue weighted by Crippen LogP contribution is 2.37. The van der Waals surface area contributed by atoms with Crippen LogP contribution in [0.25, 0.3) is 22.3 Å². The number of anilines is 1. The van der Waals surface area contributed by atoms with Gasteiger partial charge in [0, 0.05) is 24.2 Å². The van der Waals surface area contributed by atoms with Gasteiger partial charge in [-0.25, -0.2) is 9.97 Å². The van der Waals surface area contributed by atoms with Gasteiger partial charge in [-0.3, -0.25) is 4.48 Å². The average molecular weight is 502 g/mol. The van der Waals surface area contributed by atoms with Crippen LogP contribution in [0.15, 0.2) is 48.5 Å². The lowest BCUT2D eigenvalue weighted by Gasteiger charge is -2.40. The summed E-state index contributed by atoms with van der Waals surface area (Å²) in [6.45, 7) is 4.34. The Morgan fingerprint density at radius 3 is 2.51 bits per heavy atom. The summed E-state index contributed by atoms with van der Waals surface area (Å²) in [4.78, 5) is 14.4. The zero-order valence-electron chi connectivity index (χ0n) is 20.9. The number of methoxy groups -OCH3 is 2. The minimum Gasteiger partial charge on any atom is -0.493 e. The highest BCUT2D eigenvalue weighted by atomic mass is 16.7. The molecule has 1 fully saturated rings. The minimum atomic E-state index is 0.241. The van der Waals surface area contributed by atoms with Crippen LogP contribution in [-0.2, 0) is 6.54 Å². The summed E-state index contributed by atoms with van der Waals surface area (Å²) < 4.78 is 22.7. The number of nitrogens with zero attached hydrogens (tertiary/aromatic N) is 4. The van der Waals surface area contributed by atoms with Gasteiger partial charge in [0.25, 0.3) is 5.82 Å². The number of fused-ring (bicyclic) bond motifs is 2. The first-order chi connectivity index (χ1) is 18.1. The fourth-order valence-corrected chi connectivity index (χ4v) is 5.16. The minimum absolute atomic E-state index is 0.241. The van der Waals surface area contributed by atoms with Gasteiger partial charge in [-0.15, -0.1) is 0 Å². The predicted molar refractivity (Wildman–Crippen MR) is 141 cm³/mol. The van der Waals surface area contributed by atoms with Crippen LogP contribution >= 0.6 is 0 Å². The summed E-state index contributed by atoms with van der Waals surface area (Å²) >= 11 is 0. The van der Waals surface area contributed by atoms with Crippen molar-refractivity contribution >= 4 is 22.8 Å². The van der Waals surface area contributed by atoms with Crippen LogP contribution in [0.5, 0.6) is 23.0 Å². The third kappa shape index (κ3) is 4.24. The van der Waals surface area contributed by atoms with Crippen molar-refractivity contribution in [1.82, 2.24) is 24.8 Å². The molecule has 2 aromatic heterocycles. The predicted octanol–water partition coefficient (Wildman–Crippen LogP) is 3.13. The lowest BCUT2D eigenvalue weighted by molar-refractivity contribution is 0.174. The Labute approximate surface area is 214 Å². The fourth-order valence-electron chi connectivity index (χ4n) is 5.16. The zero-order chi connectivity index (χ0) is 25.4. The Morgan fingerprint density at radius 1 is 0.892 bits per heavy atom. The molecular formula is C27H29N6O4+. The number of rotatable bonds is 6. The lowest BCUT2D eigenvalue weighted by atomic mass is 10.1. The Morgan fingerprint density at radius 2 is 1.70 bits per heavy atom. The number of aromatic nitrogens is 3. The van der Waals surface area contributed by atoms with Crippen molar-refractivity contribution in [3.05, 3.63) is 54.1 Å². The molecule has 37 heavy (non-hydrogen) atoms. The van der Waals surface area contributed by atoms with Crippen molar-refractivity contribution in [3.8, 4) is 34.3 Å². The van der Waals surface area contributed by atoms with E-state index >= 15 is 0 Å². The Bertz CT molecular complexity index is 1470. The average Bonchev–Trinajstić information content (AvgIpc) is 3.40. The SMILES string of the molecule is COc1ccc(-c2ccc3nc(N)nc([N+]4(Cc5ccc6c(c5)OCO6)CCNCC4)c3n2)cc1OC. The van der Waals surface area contributed by atoms with Gasteiger partial charge in [0.2, 0.25) is 12.7 Å². The van der Waals surface area contributed by atoms with Gasteiger partial charge in [-0.2, -0.15) is 4.98 Å². The molecule has 0 radical (unpaired) electrons. The van der Waals surface area contributed by atoms with Crippen molar-refractivity contribution in [2.75, 3.05) is 52.9 Å². The zero-order valence-corrected chi connectivity index (χ0v) is 20.9. The summed E-state index contributed by atoms with van der Waals surface area (Å²) in [5, 5.41) is 3.48. The molecule has 3 N–H and O–H groups in total. The van der Waals surface area contributed by atoms with Crippen LogP contribution in [0.1, 0.15) is 5.56 Å². The van der Waals surface area contributed by atoms with Crippen LogP contribution in [0, 0.1) is 0 Å². The molecule has 0 saturated carbocycles. The molecule has 4 aromatic rings. The van der Waals surface area contributed by atoms with Crippen LogP contribution in [0.3, 0.4) is 0 Å². The molecule has 4 heterocycles. The summed E-state index contributed by atoms with van der Waals surface area (Å²) in [6.07, 6.45) is 0. The van der Waals surface area contributed by atoms with Crippen molar-refractivity contribution in [3.63, 3.8) is 0 Å². The highest BCUT2D eigenvalue weighted by molar-refractivity contribution is 5.88. The first kappa shape index (κ1) is 23.3. The number of benzene rings is 2. The van der Waals surface area contributed by atoms with Crippen LogP contribution < -0.4 is 34.5 Å².